The van der Waals surface area contributed by atoms with Crippen molar-refractivity contribution < 1.29 is 14.4 Å². The lowest BCUT2D eigenvalue weighted by Gasteiger charge is -2.34. The quantitative estimate of drug-likeness (QED) is 0.651. The molecule has 1 fully saturated rings. The van der Waals surface area contributed by atoms with Crippen LogP contribution in [-0.2, 0) is 0 Å². The number of carbonyl (C=O) groups excluding carboxylic acids is 3. The molecule has 4 rings (SSSR count). The largest absolute Gasteiger partial charge is 0.335 e. The van der Waals surface area contributed by atoms with E-state index < -0.39 is 0 Å². The number of nitrogens with zero attached hydrogens (tertiary/aromatic N) is 2. The van der Waals surface area contributed by atoms with Crippen LogP contribution in [0.5, 0.6) is 0 Å². The van der Waals surface area contributed by atoms with Crippen LogP contribution in [0.1, 0.15) is 20.0 Å². The summed E-state index contributed by atoms with van der Waals surface area (Å²) >= 11 is 1.23. The van der Waals surface area contributed by atoms with E-state index in [-0.39, 0.29) is 17.8 Å². The number of thiophene rings is 1. The fourth-order valence-electron chi connectivity index (χ4n) is 3.35. The van der Waals surface area contributed by atoms with Crippen LogP contribution < -0.4 is 10.6 Å². The van der Waals surface area contributed by atoms with Crippen molar-refractivity contribution >= 4 is 39.9 Å². The Hall–Kier alpha value is -3.65. The highest BCUT2D eigenvalue weighted by Gasteiger charge is 2.26. The van der Waals surface area contributed by atoms with Gasteiger partial charge >= 0.3 is 6.03 Å². The Morgan fingerprint density at radius 3 is 1.90 bits per heavy atom. The van der Waals surface area contributed by atoms with Gasteiger partial charge in [-0.15, -0.1) is 11.3 Å². The van der Waals surface area contributed by atoms with Gasteiger partial charge in [0.15, 0.2) is 0 Å². The minimum Gasteiger partial charge on any atom is -0.335 e. The fraction of sp³-hybridized carbons (Fsp3) is 0.174. The first-order valence-electron chi connectivity index (χ1n) is 9.96. The summed E-state index contributed by atoms with van der Waals surface area (Å²) < 4.78 is 0. The van der Waals surface area contributed by atoms with E-state index in [0.29, 0.717) is 47.3 Å². The molecule has 8 heteroatoms. The first-order valence-corrected chi connectivity index (χ1v) is 10.8. The summed E-state index contributed by atoms with van der Waals surface area (Å²) in [5.41, 5.74) is 1.35. The van der Waals surface area contributed by atoms with Crippen molar-refractivity contribution in [3.63, 3.8) is 0 Å². The number of urea groups is 1. The number of anilines is 2. The minimum atomic E-state index is -0.361. The molecule has 1 aromatic heterocycles. The lowest BCUT2D eigenvalue weighted by molar-refractivity contribution is 0.0538. The molecule has 2 N–H and O–H groups in total. The van der Waals surface area contributed by atoms with Gasteiger partial charge in [0.25, 0.3) is 11.8 Å². The van der Waals surface area contributed by atoms with Crippen molar-refractivity contribution in [2.75, 3.05) is 36.8 Å². The molecule has 3 aromatic rings. The first-order chi connectivity index (χ1) is 15.1. The molecule has 0 aliphatic carbocycles. The molecule has 158 valence electrons. The van der Waals surface area contributed by atoms with Crippen LogP contribution in [0.3, 0.4) is 0 Å². The summed E-state index contributed by atoms with van der Waals surface area (Å²) in [4.78, 5) is 41.6. The van der Waals surface area contributed by atoms with E-state index in [1.54, 1.807) is 46.2 Å². The summed E-state index contributed by atoms with van der Waals surface area (Å²) in [6.07, 6.45) is 0. The highest BCUT2D eigenvalue weighted by Crippen LogP contribution is 2.24. The van der Waals surface area contributed by atoms with Crippen LogP contribution in [0.4, 0.5) is 15.5 Å². The zero-order valence-electron chi connectivity index (χ0n) is 16.8. The smallest absolute Gasteiger partial charge is 0.324 e. The standard InChI is InChI=1S/C23H22N4O3S/c28-21(17-7-3-1-4-8-17)26-13-15-27(16-14-26)22(29)19-11-12-20(31-19)25-23(30)24-18-9-5-2-6-10-18/h1-12H,13-16H2,(H2,24,25,30). The Labute approximate surface area is 184 Å². The second-order valence-corrected chi connectivity index (χ2v) is 8.14. The summed E-state index contributed by atoms with van der Waals surface area (Å²) in [6, 6.07) is 21.4. The van der Waals surface area contributed by atoms with Crippen LogP contribution in [0.15, 0.2) is 72.8 Å². The minimum absolute atomic E-state index is 0.0141. The molecule has 0 bridgehead atoms. The first kappa shape index (κ1) is 20.6. The van der Waals surface area contributed by atoms with Gasteiger partial charge in [0.05, 0.1) is 9.88 Å². The average Bonchev–Trinajstić information content (AvgIpc) is 3.27. The Kier molecular flexibility index (Phi) is 6.28. The number of nitrogens with one attached hydrogen (secondary N) is 2. The van der Waals surface area contributed by atoms with Gasteiger partial charge in [0.2, 0.25) is 0 Å². The van der Waals surface area contributed by atoms with Gasteiger partial charge < -0.3 is 15.1 Å². The molecule has 0 atom stereocenters. The molecule has 1 aliphatic rings. The monoisotopic (exact) mass is 434 g/mol. The van der Waals surface area contributed by atoms with Crippen LogP contribution in [-0.4, -0.2) is 53.8 Å². The van der Waals surface area contributed by atoms with Crippen molar-refractivity contribution in [1.82, 2.24) is 9.80 Å². The Morgan fingerprint density at radius 1 is 0.677 bits per heavy atom. The zero-order chi connectivity index (χ0) is 21.6. The molecule has 0 radical (unpaired) electrons. The number of hydrogen-bond acceptors (Lipinski definition) is 4. The maximum absolute atomic E-state index is 12.8. The molecule has 0 unspecified atom stereocenters. The molecule has 31 heavy (non-hydrogen) atoms. The Balaban J connectivity index is 1.30. The number of carbonyl (C=O) groups is 3. The third-order valence-corrected chi connectivity index (χ3v) is 5.95. The van der Waals surface area contributed by atoms with Crippen LogP contribution in [0.25, 0.3) is 0 Å². The number of para-hydroxylation sites is 1. The molecule has 1 saturated heterocycles. The molecular weight excluding hydrogens is 412 g/mol. The molecule has 0 saturated carbocycles. The predicted octanol–water partition coefficient (Wildman–Crippen LogP) is 3.99. The van der Waals surface area contributed by atoms with E-state index >= 15 is 0 Å². The maximum Gasteiger partial charge on any atom is 0.324 e. The highest BCUT2D eigenvalue weighted by atomic mass is 32.1. The van der Waals surface area contributed by atoms with Gasteiger partial charge in [0.1, 0.15) is 0 Å². The summed E-state index contributed by atoms with van der Waals surface area (Å²) in [7, 11) is 0. The molecule has 1 aliphatic heterocycles. The van der Waals surface area contributed by atoms with Crippen LogP contribution >= 0.6 is 11.3 Å². The van der Waals surface area contributed by atoms with E-state index in [4.69, 9.17) is 0 Å². The normalized spacial score (nSPS) is 13.5. The highest BCUT2D eigenvalue weighted by molar-refractivity contribution is 7.18. The van der Waals surface area contributed by atoms with Crippen LogP contribution in [0, 0.1) is 0 Å². The van der Waals surface area contributed by atoms with Gasteiger partial charge in [-0.1, -0.05) is 36.4 Å². The number of rotatable bonds is 4. The maximum atomic E-state index is 12.8. The Bertz CT molecular complexity index is 1060. The molecule has 2 heterocycles. The molecule has 4 amide bonds. The summed E-state index contributed by atoms with van der Waals surface area (Å²) in [5, 5.41) is 6.09. The van der Waals surface area contributed by atoms with Crippen molar-refractivity contribution in [1.29, 1.82) is 0 Å². The number of piperazine rings is 1. The molecular formula is C23H22N4O3S. The van der Waals surface area contributed by atoms with E-state index in [2.05, 4.69) is 10.6 Å². The molecule has 7 nitrogen and oxygen atoms in total. The molecule has 0 spiro atoms. The SMILES string of the molecule is O=C(Nc1ccccc1)Nc1ccc(C(=O)N2CCN(C(=O)c3ccccc3)CC2)s1. The van der Waals surface area contributed by atoms with Gasteiger partial charge in [0, 0.05) is 37.4 Å². The van der Waals surface area contributed by atoms with Crippen molar-refractivity contribution in [2.45, 2.75) is 0 Å². The van der Waals surface area contributed by atoms with Gasteiger partial charge in [-0.25, -0.2) is 4.79 Å². The van der Waals surface area contributed by atoms with E-state index in [1.807, 2.05) is 36.4 Å². The number of hydrogen-bond donors (Lipinski definition) is 2. The van der Waals surface area contributed by atoms with E-state index in [9.17, 15) is 14.4 Å². The lowest BCUT2D eigenvalue weighted by Crippen LogP contribution is -2.50. The second-order valence-electron chi connectivity index (χ2n) is 7.06. The zero-order valence-corrected chi connectivity index (χ0v) is 17.6. The van der Waals surface area contributed by atoms with Gasteiger partial charge in [-0.3, -0.25) is 14.9 Å². The van der Waals surface area contributed by atoms with Crippen molar-refractivity contribution in [3.8, 4) is 0 Å². The van der Waals surface area contributed by atoms with E-state index in [0.717, 1.165) is 0 Å². The summed E-state index contributed by atoms with van der Waals surface area (Å²) in [5.74, 6) is -0.104. The van der Waals surface area contributed by atoms with Crippen molar-refractivity contribution in [3.05, 3.63) is 83.2 Å². The van der Waals surface area contributed by atoms with E-state index in [1.165, 1.54) is 11.3 Å². The topological polar surface area (TPSA) is 81.8 Å². The summed E-state index contributed by atoms with van der Waals surface area (Å²) in [6.45, 7) is 1.95. The number of benzene rings is 2. The van der Waals surface area contributed by atoms with Gasteiger partial charge in [-0.2, -0.15) is 0 Å². The molecule has 2 aromatic carbocycles. The third-order valence-electron chi connectivity index (χ3n) is 4.96. The van der Waals surface area contributed by atoms with Gasteiger partial charge in [-0.05, 0) is 36.4 Å². The van der Waals surface area contributed by atoms with Crippen LogP contribution in [0.2, 0.25) is 0 Å². The predicted molar refractivity (Wildman–Crippen MR) is 122 cm³/mol. The Morgan fingerprint density at radius 2 is 1.26 bits per heavy atom. The third kappa shape index (κ3) is 5.10. The second kappa shape index (κ2) is 9.44. The average molecular weight is 435 g/mol. The lowest BCUT2D eigenvalue weighted by atomic mass is 10.2. The number of amides is 4. The van der Waals surface area contributed by atoms with Crippen molar-refractivity contribution in [2.24, 2.45) is 0 Å². The fourth-order valence-corrected chi connectivity index (χ4v) is 4.22.